The number of rotatable bonds is 3. The summed E-state index contributed by atoms with van der Waals surface area (Å²) in [6.07, 6.45) is 4.76. The van der Waals surface area contributed by atoms with E-state index in [9.17, 15) is 4.79 Å². The number of amides is 1. The van der Waals surface area contributed by atoms with Crippen LogP contribution in [0.15, 0.2) is 29.2 Å². The third-order valence-electron chi connectivity index (χ3n) is 4.38. The summed E-state index contributed by atoms with van der Waals surface area (Å²) in [6.45, 7) is 1.36. The van der Waals surface area contributed by atoms with Crippen LogP contribution in [-0.2, 0) is 9.53 Å². The standard InChI is InChI=1S/C17H20N2O2S/c18-11-13-4-3-5-14(10-13)22-12-17(20)19-8-9-21-16-7-2-1-6-15(16)19/h3-5,10,15-16H,1-2,6-9,12H2. The molecule has 0 bridgehead atoms. The zero-order chi connectivity index (χ0) is 15.4. The van der Waals surface area contributed by atoms with Crippen molar-refractivity contribution in [3.8, 4) is 6.07 Å². The van der Waals surface area contributed by atoms with Gasteiger partial charge in [0.15, 0.2) is 0 Å². The Morgan fingerprint density at radius 2 is 2.27 bits per heavy atom. The summed E-state index contributed by atoms with van der Waals surface area (Å²) >= 11 is 1.51. The summed E-state index contributed by atoms with van der Waals surface area (Å²) in [5, 5.41) is 8.92. The number of benzene rings is 1. The molecule has 1 amide bonds. The van der Waals surface area contributed by atoms with Crippen molar-refractivity contribution in [2.24, 2.45) is 0 Å². The highest BCUT2D eigenvalue weighted by Gasteiger charge is 2.36. The summed E-state index contributed by atoms with van der Waals surface area (Å²) in [5.74, 6) is 0.616. The molecule has 0 N–H and O–H groups in total. The molecule has 1 saturated carbocycles. The molecule has 2 unspecified atom stereocenters. The molecule has 0 radical (unpaired) electrons. The number of hydrogen-bond donors (Lipinski definition) is 0. The lowest BCUT2D eigenvalue weighted by Crippen LogP contribution is -2.55. The summed E-state index contributed by atoms with van der Waals surface area (Å²) in [5.41, 5.74) is 0.635. The van der Waals surface area contributed by atoms with E-state index in [-0.39, 0.29) is 18.1 Å². The number of ether oxygens (including phenoxy) is 1. The average Bonchev–Trinajstić information content (AvgIpc) is 2.59. The summed E-state index contributed by atoms with van der Waals surface area (Å²) < 4.78 is 5.82. The number of carbonyl (C=O) groups is 1. The van der Waals surface area contributed by atoms with Crippen LogP contribution >= 0.6 is 11.8 Å². The molecule has 2 aliphatic rings. The fraction of sp³-hybridized carbons (Fsp3) is 0.529. The minimum atomic E-state index is 0.188. The van der Waals surface area contributed by atoms with E-state index in [0.717, 1.165) is 17.7 Å². The molecule has 1 aliphatic carbocycles. The monoisotopic (exact) mass is 316 g/mol. The van der Waals surface area contributed by atoms with Crippen LogP contribution in [0.5, 0.6) is 0 Å². The van der Waals surface area contributed by atoms with Gasteiger partial charge >= 0.3 is 0 Å². The van der Waals surface area contributed by atoms with Crippen molar-refractivity contribution >= 4 is 17.7 Å². The van der Waals surface area contributed by atoms with Crippen LogP contribution in [-0.4, -0.2) is 41.9 Å². The maximum atomic E-state index is 12.6. The second-order valence-electron chi connectivity index (χ2n) is 5.78. The summed E-state index contributed by atoms with van der Waals surface area (Å²) in [6, 6.07) is 9.81. The van der Waals surface area contributed by atoms with Gasteiger partial charge in [0, 0.05) is 11.4 Å². The van der Waals surface area contributed by atoms with E-state index < -0.39 is 0 Å². The second-order valence-corrected chi connectivity index (χ2v) is 6.83. The third kappa shape index (κ3) is 3.45. The maximum Gasteiger partial charge on any atom is 0.233 e. The number of nitrogens with zero attached hydrogens (tertiary/aromatic N) is 2. The normalized spacial score (nSPS) is 24.4. The first-order chi connectivity index (χ1) is 10.8. The molecular weight excluding hydrogens is 296 g/mol. The first kappa shape index (κ1) is 15.4. The van der Waals surface area contributed by atoms with Gasteiger partial charge in [0.25, 0.3) is 0 Å². The Morgan fingerprint density at radius 3 is 3.14 bits per heavy atom. The molecule has 1 aromatic rings. The fourth-order valence-corrected chi connectivity index (χ4v) is 4.13. The maximum absolute atomic E-state index is 12.6. The van der Waals surface area contributed by atoms with Crippen LogP contribution in [0.1, 0.15) is 31.2 Å². The van der Waals surface area contributed by atoms with Crippen molar-refractivity contribution in [1.29, 1.82) is 5.26 Å². The van der Waals surface area contributed by atoms with Crippen LogP contribution in [0.25, 0.3) is 0 Å². The Labute approximate surface area is 135 Å². The molecule has 4 nitrogen and oxygen atoms in total. The van der Waals surface area contributed by atoms with Crippen molar-refractivity contribution in [2.45, 2.75) is 42.7 Å². The van der Waals surface area contributed by atoms with Gasteiger partial charge in [-0.2, -0.15) is 5.26 Å². The van der Waals surface area contributed by atoms with Crippen molar-refractivity contribution < 1.29 is 9.53 Å². The zero-order valence-electron chi connectivity index (χ0n) is 12.5. The van der Waals surface area contributed by atoms with Crippen molar-refractivity contribution in [2.75, 3.05) is 18.9 Å². The quantitative estimate of drug-likeness (QED) is 0.805. The number of thioether (sulfide) groups is 1. The van der Waals surface area contributed by atoms with Crippen LogP contribution in [0.2, 0.25) is 0 Å². The van der Waals surface area contributed by atoms with Gasteiger partial charge in [-0.25, -0.2) is 0 Å². The fourth-order valence-electron chi connectivity index (χ4n) is 3.29. The third-order valence-corrected chi connectivity index (χ3v) is 5.36. The lowest BCUT2D eigenvalue weighted by atomic mass is 9.90. The lowest BCUT2D eigenvalue weighted by Gasteiger charge is -2.43. The molecule has 2 fully saturated rings. The predicted octanol–water partition coefficient (Wildman–Crippen LogP) is 2.82. The van der Waals surface area contributed by atoms with Crippen molar-refractivity contribution in [3.63, 3.8) is 0 Å². The first-order valence-electron chi connectivity index (χ1n) is 7.82. The van der Waals surface area contributed by atoms with E-state index in [1.807, 2.05) is 23.1 Å². The van der Waals surface area contributed by atoms with Gasteiger partial charge in [-0.15, -0.1) is 11.8 Å². The average molecular weight is 316 g/mol. The molecule has 1 aromatic carbocycles. The van der Waals surface area contributed by atoms with Crippen molar-refractivity contribution in [3.05, 3.63) is 29.8 Å². The molecule has 116 valence electrons. The Morgan fingerprint density at radius 1 is 1.41 bits per heavy atom. The molecule has 0 aromatic heterocycles. The molecule has 0 spiro atoms. The Balaban J connectivity index is 1.60. The van der Waals surface area contributed by atoms with Gasteiger partial charge in [0.05, 0.1) is 36.1 Å². The van der Waals surface area contributed by atoms with Gasteiger partial charge < -0.3 is 9.64 Å². The Hall–Kier alpha value is -1.51. The summed E-state index contributed by atoms with van der Waals surface area (Å²) in [7, 11) is 0. The molecule has 3 rings (SSSR count). The van der Waals surface area contributed by atoms with Gasteiger partial charge in [-0.05, 0) is 31.0 Å². The summed E-state index contributed by atoms with van der Waals surface area (Å²) in [4.78, 5) is 15.6. The highest BCUT2D eigenvalue weighted by atomic mass is 32.2. The van der Waals surface area contributed by atoms with E-state index in [2.05, 4.69) is 6.07 Å². The number of carbonyl (C=O) groups excluding carboxylic acids is 1. The van der Waals surface area contributed by atoms with Gasteiger partial charge in [0.1, 0.15) is 0 Å². The van der Waals surface area contributed by atoms with Gasteiger partial charge in [-0.3, -0.25) is 4.79 Å². The van der Waals surface area contributed by atoms with E-state index in [1.54, 1.807) is 6.07 Å². The minimum Gasteiger partial charge on any atom is -0.374 e. The second kappa shape index (κ2) is 7.17. The molecule has 1 aliphatic heterocycles. The molecule has 22 heavy (non-hydrogen) atoms. The van der Waals surface area contributed by atoms with E-state index in [4.69, 9.17) is 10.00 Å². The highest BCUT2D eigenvalue weighted by Crippen LogP contribution is 2.29. The number of hydrogen-bond acceptors (Lipinski definition) is 4. The van der Waals surface area contributed by atoms with Crippen LogP contribution in [0.4, 0.5) is 0 Å². The molecular formula is C17H20N2O2S. The molecule has 1 heterocycles. The van der Waals surface area contributed by atoms with Gasteiger partial charge in [-0.1, -0.05) is 18.9 Å². The first-order valence-corrected chi connectivity index (χ1v) is 8.80. The smallest absolute Gasteiger partial charge is 0.233 e. The minimum absolute atomic E-state index is 0.188. The zero-order valence-corrected chi connectivity index (χ0v) is 13.3. The lowest BCUT2D eigenvalue weighted by molar-refractivity contribution is -0.146. The van der Waals surface area contributed by atoms with Crippen LogP contribution in [0, 0.1) is 11.3 Å². The van der Waals surface area contributed by atoms with Crippen LogP contribution < -0.4 is 0 Å². The van der Waals surface area contributed by atoms with E-state index in [1.165, 1.54) is 24.6 Å². The van der Waals surface area contributed by atoms with E-state index in [0.29, 0.717) is 24.5 Å². The Kier molecular flexibility index (Phi) is 5.01. The highest BCUT2D eigenvalue weighted by molar-refractivity contribution is 8.00. The number of fused-ring (bicyclic) bond motifs is 1. The SMILES string of the molecule is N#Cc1cccc(SCC(=O)N2CCOC3CCCCC32)c1. The molecule has 1 saturated heterocycles. The van der Waals surface area contributed by atoms with Crippen molar-refractivity contribution in [1.82, 2.24) is 4.90 Å². The largest absolute Gasteiger partial charge is 0.374 e. The van der Waals surface area contributed by atoms with E-state index >= 15 is 0 Å². The van der Waals surface area contributed by atoms with Crippen LogP contribution in [0.3, 0.4) is 0 Å². The number of nitriles is 1. The van der Waals surface area contributed by atoms with Gasteiger partial charge in [0.2, 0.25) is 5.91 Å². The molecule has 5 heteroatoms. The number of morpholine rings is 1. The Bertz CT molecular complexity index is 582. The molecule has 2 atom stereocenters. The topological polar surface area (TPSA) is 53.3 Å². The predicted molar refractivity (Wildman–Crippen MR) is 85.6 cm³/mol.